The van der Waals surface area contributed by atoms with Crippen molar-refractivity contribution in [2.75, 3.05) is 7.11 Å². The van der Waals surface area contributed by atoms with E-state index in [1.165, 1.54) is 22.4 Å². The molecule has 0 bridgehead atoms. The summed E-state index contributed by atoms with van der Waals surface area (Å²) in [6.45, 7) is 0. The van der Waals surface area contributed by atoms with Gasteiger partial charge in [-0.1, -0.05) is 30.3 Å². The van der Waals surface area contributed by atoms with Gasteiger partial charge in [0, 0.05) is 18.1 Å². The summed E-state index contributed by atoms with van der Waals surface area (Å²) in [4.78, 5) is 24.8. The number of hydrazone groups is 1. The first kappa shape index (κ1) is 18.8. The molecule has 0 saturated carbocycles. The quantitative estimate of drug-likeness (QED) is 0.455. The molecule has 0 radical (unpaired) electrons. The third kappa shape index (κ3) is 3.62. The number of nitro benzene ring substituents is 1. The van der Waals surface area contributed by atoms with Crippen LogP contribution in [0.25, 0.3) is 0 Å². The molecule has 0 fully saturated rings. The third-order valence-corrected chi connectivity index (χ3v) is 5.60. The number of nitro groups is 1. The number of methoxy groups -OCH3 is 1. The molecule has 0 unspecified atom stereocenters. The van der Waals surface area contributed by atoms with E-state index in [1.54, 1.807) is 37.4 Å². The Hall–Kier alpha value is -3.52. The van der Waals surface area contributed by atoms with E-state index in [2.05, 4.69) is 5.10 Å². The summed E-state index contributed by atoms with van der Waals surface area (Å²) in [7, 11) is 1.58. The van der Waals surface area contributed by atoms with Gasteiger partial charge in [-0.2, -0.15) is 5.10 Å². The molecule has 0 spiro atoms. The molecule has 1 amide bonds. The second kappa shape index (κ2) is 7.84. The summed E-state index contributed by atoms with van der Waals surface area (Å²) in [5, 5.41) is 19.3. The summed E-state index contributed by atoms with van der Waals surface area (Å²) in [5.41, 5.74) is 1.93. The van der Waals surface area contributed by atoms with E-state index in [0.29, 0.717) is 28.3 Å². The van der Waals surface area contributed by atoms with Crippen molar-refractivity contribution >= 4 is 28.6 Å². The van der Waals surface area contributed by atoms with Gasteiger partial charge < -0.3 is 4.74 Å². The zero-order valence-corrected chi connectivity index (χ0v) is 16.3. The molecule has 0 N–H and O–H groups in total. The lowest BCUT2D eigenvalue weighted by Crippen LogP contribution is -2.26. The smallest absolute Gasteiger partial charge is 0.284 e. The van der Waals surface area contributed by atoms with Crippen molar-refractivity contribution in [1.82, 2.24) is 5.01 Å². The molecule has 8 heteroatoms. The van der Waals surface area contributed by atoms with Crippen molar-refractivity contribution in [3.8, 4) is 5.75 Å². The Morgan fingerprint density at radius 1 is 1.21 bits per heavy atom. The first-order valence-corrected chi connectivity index (χ1v) is 9.78. The maximum atomic E-state index is 13.1. The van der Waals surface area contributed by atoms with Crippen LogP contribution in [0.3, 0.4) is 0 Å². The molecule has 0 aliphatic carbocycles. The van der Waals surface area contributed by atoms with Crippen LogP contribution >= 0.6 is 11.3 Å². The van der Waals surface area contributed by atoms with Crippen LogP contribution in [0.1, 0.15) is 33.3 Å². The maximum absolute atomic E-state index is 13.1. The topological polar surface area (TPSA) is 85.0 Å². The van der Waals surface area contributed by atoms with Gasteiger partial charge in [0.15, 0.2) is 0 Å². The summed E-state index contributed by atoms with van der Waals surface area (Å²) >= 11 is 1.31. The molecule has 4 rings (SSSR count). The summed E-state index contributed by atoms with van der Waals surface area (Å²) in [6.07, 6.45) is 0.370. The van der Waals surface area contributed by atoms with Gasteiger partial charge >= 0.3 is 0 Å². The molecule has 2 aromatic carbocycles. The number of rotatable bonds is 5. The van der Waals surface area contributed by atoms with E-state index in [-0.39, 0.29) is 11.6 Å². The van der Waals surface area contributed by atoms with Crippen molar-refractivity contribution in [2.24, 2.45) is 5.10 Å². The van der Waals surface area contributed by atoms with Crippen molar-refractivity contribution in [2.45, 2.75) is 12.5 Å². The molecular formula is C21H17N3O4S. The van der Waals surface area contributed by atoms with Crippen molar-refractivity contribution in [3.05, 3.63) is 92.2 Å². The highest BCUT2D eigenvalue weighted by molar-refractivity contribution is 7.12. The molecule has 146 valence electrons. The molecule has 3 aromatic rings. The standard InChI is InChI=1S/C21H17N3O4S/c1-28-15-7-4-6-14(12-15)17-13-19(16-8-2-3-9-18(16)24(26)27)23(22-17)21(25)20-10-5-11-29-20/h2-12,19H,13H2,1H3/t19-/m1/s1. The lowest BCUT2D eigenvalue weighted by molar-refractivity contribution is -0.385. The molecule has 7 nitrogen and oxygen atoms in total. The number of benzene rings is 2. The van der Waals surface area contributed by atoms with E-state index in [0.717, 1.165) is 5.56 Å². The highest BCUT2D eigenvalue weighted by Gasteiger charge is 2.37. The Kier molecular flexibility index (Phi) is 5.09. The first-order chi connectivity index (χ1) is 14.1. The van der Waals surface area contributed by atoms with Gasteiger partial charge in [0.2, 0.25) is 0 Å². The van der Waals surface area contributed by atoms with Crippen LogP contribution in [0.15, 0.2) is 71.1 Å². The summed E-state index contributed by atoms with van der Waals surface area (Å²) in [6, 6.07) is 16.8. The predicted octanol–water partition coefficient (Wildman–Crippen LogP) is 4.66. The van der Waals surface area contributed by atoms with E-state index in [4.69, 9.17) is 4.74 Å². The molecule has 1 aliphatic heterocycles. The Morgan fingerprint density at radius 2 is 2.03 bits per heavy atom. The molecule has 1 aromatic heterocycles. The van der Waals surface area contributed by atoms with Crippen LogP contribution in [0.2, 0.25) is 0 Å². The van der Waals surface area contributed by atoms with Gasteiger partial charge in [-0.05, 0) is 29.6 Å². The predicted molar refractivity (Wildman–Crippen MR) is 110 cm³/mol. The van der Waals surface area contributed by atoms with E-state index >= 15 is 0 Å². The minimum atomic E-state index is -0.563. The minimum Gasteiger partial charge on any atom is -0.497 e. The molecule has 1 atom stereocenters. The zero-order chi connectivity index (χ0) is 20.4. The summed E-state index contributed by atoms with van der Waals surface area (Å²) < 4.78 is 5.29. The van der Waals surface area contributed by atoms with Crippen LogP contribution < -0.4 is 4.74 Å². The number of carbonyl (C=O) groups excluding carboxylic acids is 1. The van der Waals surface area contributed by atoms with Crippen LogP contribution in [0.5, 0.6) is 5.75 Å². The van der Waals surface area contributed by atoms with E-state index in [9.17, 15) is 14.9 Å². The van der Waals surface area contributed by atoms with Gasteiger partial charge in [0.1, 0.15) is 5.75 Å². The summed E-state index contributed by atoms with van der Waals surface area (Å²) in [5.74, 6) is 0.400. The number of amides is 1. The lowest BCUT2D eigenvalue weighted by Gasteiger charge is -2.21. The maximum Gasteiger partial charge on any atom is 0.284 e. The van der Waals surface area contributed by atoms with E-state index in [1.807, 2.05) is 29.6 Å². The Bertz CT molecular complexity index is 1090. The number of hydrogen-bond acceptors (Lipinski definition) is 6. The Labute approximate surface area is 171 Å². The van der Waals surface area contributed by atoms with Gasteiger partial charge in [-0.3, -0.25) is 14.9 Å². The third-order valence-electron chi connectivity index (χ3n) is 4.75. The lowest BCUT2D eigenvalue weighted by atomic mass is 9.97. The van der Waals surface area contributed by atoms with Crippen LogP contribution in [-0.2, 0) is 0 Å². The fourth-order valence-electron chi connectivity index (χ4n) is 3.37. The van der Waals surface area contributed by atoms with Crippen LogP contribution in [0.4, 0.5) is 5.69 Å². The second-order valence-corrected chi connectivity index (χ2v) is 7.39. The van der Waals surface area contributed by atoms with Gasteiger partial charge in [0.05, 0.1) is 34.2 Å². The van der Waals surface area contributed by atoms with Crippen molar-refractivity contribution in [3.63, 3.8) is 0 Å². The van der Waals surface area contributed by atoms with Crippen LogP contribution in [-0.4, -0.2) is 28.7 Å². The second-order valence-electron chi connectivity index (χ2n) is 6.44. The van der Waals surface area contributed by atoms with E-state index < -0.39 is 11.0 Å². The molecule has 1 aliphatic rings. The molecule has 29 heavy (non-hydrogen) atoms. The molecular weight excluding hydrogens is 390 g/mol. The Balaban J connectivity index is 1.78. The average Bonchev–Trinajstić information content (AvgIpc) is 3.43. The number of ether oxygens (including phenoxy) is 1. The monoisotopic (exact) mass is 407 g/mol. The first-order valence-electron chi connectivity index (χ1n) is 8.91. The normalized spacial score (nSPS) is 15.8. The SMILES string of the molecule is COc1cccc(C2=NN(C(=O)c3cccs3)[C@@H](c3ccccc3[N+](=O)[O-])C2)c1. The number of thiophene rings is 1. The Morgan fingerprint density at radius 3 is 2.76 bits per heavy atom. The number of hydrogen-bond donors (Lipinski definition) is 0. The van der Waals surface area contributed by atoms with Crippen molar-refractivity contribution < 1.29 is 14.5 Å². The largest absolute Gasteiger partial charge is 0.497 e. The van der Waals surface area contributed by atoms with Gasteiger partial charge in [-0.15, -0.1) is 11.3 Å². The van der Waals surface area contributed by atoms with Crippen LogP contribution in [0, 0.1) is 10.1 Å². The highest BCUT2D eigenvalue weighted by atomic mass is 32.1. The number of nitrogens with zero attached hydrogens (tertiary/aromatic N) is 3. The molecule has 0 saturated heterocycles. The average molecular weight is 407 g/mol. The number of carbonyl (C=O) groups is 1. The fraction of sp³-hybridized carbons (Fsp3) is 0.143. The minimum absolute atomic E-state index is 0.0245. The fourth-order valence-corrected chi connectivity index (χ4v) is 4.02. The van der Waals surface area contributed by atoms with Gasteiger partial charge in [0.25, 0.3) is 11.6 Å². The molecule has 2 heterocycles. The van der Waals surface area contributed by atoms with Crippen molar-refractivity contribution in [1.29, 1.82) is 0 Å². The zero-order valence-electron chi connectivity index (χ0n) is 15.5. The highest BCUT2D eigenvalue weighted by Crippen LogP contribution is 2.38. The number of para-hydroxylation sites is 1. The van der Waals surface area contributed by atoms with Gasteiger partial charge in [-0.25, -0.2) is 5.01 Å².